The highest BCUT2D eigenvalue weighted by Crippen LogP contribution is 2.29. The molecule has 0 aliphatic carbocycles. The average molecular weight is 262 g/mol. The fourth-order valence-electron chi connectivity index (χ4n) is 0.994. The largest absolute Gasteiger partial charge is 0.495 e. The summed E-state index contributed by atoms with van der Waals surface area (Å²) in [5.41, 5.74) is 5.38. The fourth-order valence-corrected chi connectivity index (χ4v) is 2.20. The van der Waals surface area contributed by atoms with Crippen LogP contribution in [0, 0.1) is 0 Å². The summed E-state index contributed by atoms with van der Waals surface area (Å²) >= 11 is 7.27. The lowest BCUT2D eigenvalue weighted by atomic mass is 10.3. The van der Waals surface area contributed by atoms with E-state index >= 15 is 0 Å². The maximum atomic E-state index is 10.5. The summed E-state index contributed by atoms with van der Waals surface area (Å²) < 4.78 is 5.00. The van der Waals surface area contributed by atoms with Crippen molar-refractivity contribution in [2.75, 3.05) is 12.9 Å². The third-order valence-electron chi connectivity index (χ3n) is 1.87. The predicted octanol–water partition coefficient (Wildman–Crippen LogP) is 1.85. The van der Waals surface area contributed by atoms with Gasteiger partial charge in [0.2, 0.25) is 0 Å². The third-order valence-corrected chi connectivity index (χ3v) is 3.28. The second-order valence-electron chi connectivity index (χ2n) is 3.05. The highest BCUT2D eigenvalue weighted by atomic mass is 35.5. The van der Waals surface area contributed by atoms with Gasteiger partial charge in [0.05, 0.1) is 12.1 Å². The average Bonchev–Trinajstić information content (AvgIpc) is 2.25. The van der Waals surface area contributed by atoms with E-state index in [-0.39, 0.29) is 0 Å². The number of hydrogen-bond donors (Lipinski definition) is 2. The molecule has 1 aromatic rings. The molecule has 1 rings (SSSR count). The maximum Gasteiger partial charge on any atom is 0.321 e. The first kappa shape index (κ1) is 13.2. The number of aliphatic carboxylic acids is 1. The van der Waals surface area contributed by atoms with Gasteiger partial charge in [-0.1, -0.05) is 11.6 Å². The van der Waals surface area contributed by atoms with Gasteiger partial charge >= 0.3 is 5.97 Å². The van der Waals surface area contributed by atoms with Crippen molar-refractivity contribution >= 4 is 29.3 Å². The van der Waals surface area contributed by atoms with Gasteiger partial charge in [-0.2, -0.15) is 0 Å². The lowest BCUT2D eigenvalue weighted by molar-refractivity contribution is -0.137. The Kier molecular flexibility index (Phi) is 4.92. The zero-order valence-corrected chi connectivity index (χ0v) is 10.2. The summed E-state index contributed by atoms with van der Waals surface area (Å²) in [6.07, 6.45) is 0. The summed E-state index contributed by atoms with van der Waals surface area (Å²) in [6, 6.07) is 4.39. The van der Waals surface area contributed by atoms with Crippen LogP contribution in [0.4, 0.5) is 0 Å². The molecule has 0 bridgehead atoms. The SMILES string of the molecule is COc1ccc(SCC(N)C(=O)O)cc1Cl. The number of thioether (sulfide) groups is 1. The van der Waals surface area contributed by atoms with Crippen molar-refractivity contribution in [3.05, 3.63) is 23.2 Å². The monoisotopic (exact) mass is 261 g/mol. The van der Waals surface area contributed by atoms with Crippen LogP contribution in [0.25, 0.3) is 0 Å². The molecule has 0 amide bonds. The van der Waals surface area contributed by atoms with Crippen LogP contribution in [0.5, 0.6) is 5.75 Å². The molecule has 0 aliphatic rings. The molecule has 0 aromatic heterocycles. The summed E-state index contributed by atoms with van der Waals surface area (Å²) in [6.45, 7) is 0. The second-order valence-corrected chi connectivity index (χ2v) is 4.55. The Morgan fingerprint density at radius 1 is 1.69 bits per heavy atom. The normalized spacial score (nSPS) is 12.2. The minimum Gasteiger partial charge on any atom is -0.495 e. The predicted molar refractivity (Wildman–Crippen MR) is 64.3 cm³/mol. The fraction of sp³-hybridized carbons (Fsp3) is 0.300. The van der Waals surface area contributed by atoms with E-state index in [1.807, 2.05) is 6.07 Å². The van der Waals surface area contributed by atoms with Gasteiger partial charge in [-0.25, -0.2) is 0 Å². The van der Waals surface area contributed by atoms with Gasteiger partial charge in [-0.15, -0.1) is 11.8 Å². The molecular weight excluding hydrogens is 250 g/mol. The van der Waals surface area contributed by atoms with Crippen LogP contribution in [-0.2, 0) is 4.79 Å². The van der Waals surface area contributed by atoms with Gasteiger partial charge in [-0.05, 0) is 18.2 Å². The van der Waals surface area contributed by atoms with Crippen molar-refractivity contribution in [3.63, 3.8) is 0 Å². The van der Waals surface area contributed by atoms with Crippen LogP contribution in [0.1, 0.15) is 0 Å². The highest BCUT2D eigenvalue weighted by molar-refractivity contribution is 7.99. The Hall–Kier alpha value is -0.910. The molecule has 0 saturated carbocycles. The smallest absolute Gasteiger partial charge is 0.321 e. The van der Waals surface area contributed by atoms with Crippen LogP contribution < -0.4 is 10.5 Å². The number of carbonyl (C=O) groups is 1. The number of rotatable bonds is 5. The van der Waals surface area contributed by atoms with Crippen LogP contribution in [0.3, 0.4) is 0 Å². The highest BCUT2D eigenvalue weighted by Gasteiger charge is 2.12. The molecule has 0 spiro atoms. The molecule has 6 heteroatoms. The first-order valence-corrected chi connectivity index (χ1v) is 5.85. The number of ether oxygens (including phenoxy) is 1. The number of carboxylic acid groups (broad SMARTS) is 1. The molecule has 0 saturated heterocycles. The van der Waals surface area contributed by atoms with Crippen molar-refractivity contribution in [2.45, 2.75) is 10.9 Å². The van der Waals surface area contributed by atoms with Gasteiger partial charge in [0.25, 0.3) is 0 Å². The number of carboxylic acids is 1. The Morgan fingerprint density at radius 3 is 2.88 bits per heavy atom. The number of hydrogen-bond acceptors (Lipinski definition) is 4. The Labute approximate surface area is 103 Å². The second kappa shape index (κ2) is 5.98. The molecular formula is C10H12ClNO3S. The first-order chi connectivity index (χ1) is 7.54. The van der Waals surface area contributed by atoms with Crippen molar-refractivity contribution in [1.29, 1.82) is 0 Å². The molecule has 0 fully saturated rings. The van der Waals surface area contributed by atoms with E-state index in [2.05, 4.69) is 0 Å². The van der Waals surface area contributed by atoms with Crippen molar-refractivity contribution in [1.82, 2.24) is 0 Å². The molecule has 4 nitrogen and oxygen atoms in total. The summed E-state index contributed by atoms with van der Waals surface area (Å²) in [5, 5.41) is 9.11. The van der Waals surface area contributed by atoms with E-state index in [1.165, 1.54) is 18.9 Å². The van der Waals surface area contributed by atoms with Gasteiger partial charge in [0.15, 0.2) is 0 Å². The van der Waals surface area contributed by atoms with Crippen molar-refractivity contribution in [2.24, 2.45) is 5.73 Å². The quantitative estimate of drug-likeness (QED) is 0.792. The van der Waals surface area contributed by atoms with Crippen LogP contribution in [-0.4, -0.2) is 30.0 Å². The number of methoxy groups -OCH3 is 1. The standard InChI is InChI=1S/C10H12ClNO3S/c1-15-9-3-2-6(4-7(9)11)16-5-8(12)10(13)14/h2-4,8H,5,12H2,1H3,(H,13,14). The molecule has 16 heavy (non-hydrogen) atoms. The van der Waals surface area contributed by atoms with Crippen molar-refractivity contribution < 1.29 is 14.6 Å². The van der Waals surface area contributed by atoms with Crippen molar-refractivity contribution in [3.8, 4) is 5.75 Å². The Bertz CT molecular complexity index is 386. The van der Waals surface area contributed by atoms with E-state index in [1.54, 1.807) is 12.1 Å². The topological polar surface area (TPSA) is 72.5 Å². The molecule has 1 aromatic carbocycles. The van der Waals surface area contributed by atoms with E-state index in [0.29, 0.717) is 16.5 Å². The summed E-state index contributed by atoms with van der Waals surface area (Å²) in [4.78, 5) is 11.4. The van der Waals surface area contributed by atoms with Crippen LogP contribution >= 0.6 is 23.4 Å². The molecule has 3 N–H and O–H groups in total. The van der Waals surface area contributed by atoms with E-state index in [0.717, 1.165) is 4.90 Å². The minimum absolute atomic E-state index is 0.304. The maximum absolute atomic E-state index is 10.5. The summed E-state index contributed by atoms with van der Waals surface area (Å²) in [5.74, 6) is -0.112. The van der Waals surface area contributed by atoms with E-state index in [9.17, 15) is 4.79 Å². The van der Waals surface area contributed by atoms with Gasteiger partial charge in [-0.3, -0.25) is 4.79 Å². The summed E-state index contributed by atoms with van der Waals surface area (Å²) in [7, 11) is 1.54. The van der Waals surface area contributed by atoms with E-state index < -0.39 is 12.0 Å². The molecule has 0 heterocycles. The Morgan fingerprint density at radius 2 is 2.38 bits per heavy atom. The number of benzene rings is 1. The molecule has 88 valence electrons. The van der Waals surface area contributed by atoms with Crippen LogP contribution in [0.15, 0.2) is 23.1 Å². The zero-order chi connectivity index (χ0) is 12.1. The number of nitrogens with two attached hydrogens (primary N) is 1. The molecule has 1 atom stereocenters. The first-order valence-electron chi connectivity index (χ1n) is 4.49. The lowest BCUT2D eigenvalue weighted by Gasteiger charge is -2.07. The third kappa shape index (κ3) is 3.59. The van der Waals surface area contributed by atoms with Crippen LogP contribution in [0.2, 0.25) is 5.02 Å². The molecule has 0 aliphatic heterocycles. The van der Waals surface area contributed by atoms with Gasteiger partial charge < -0.3 is 15.6 Å². The molecule has 0 radical (unpaired) electrons. The van der Waals surface area contributed by atoms with E-state index in [4.69, 9.17) is 27.2 Å². The van der Waals surface area contributed by atoms with Gasteiger partial charge in [0.1, 0.15) is 11.8 Å². The van der Waals surface area contributed by atoms with Gasteiger partial charge in [0, 0.05) is 10.6 Å². The minimum atomic E-state index is -1.01. The zero-order valence-electron chi connectivity index (χ0n) is 8.64. The Balaban J connectivity index is 2.62. The number of halogens is 1. The lowest BCUT2D eigenvalue weighted by Crippen LogP contribution is -2.32. The molecule has 1 unspecified atom stereocenters.